The summed E-state index contributed by atoms with van der Waals surface area (Å²) in [5, 5.41) is 0. The van der Waals surface area contributed by atoms with E-state index in [0.29, 0.717) is 24.2 Å². The quantitative estimate of drug-likeness (QED) is 0.488. The number of sulfonamides is 1. The highest BCUT2D eigenvalue weighted by Gasteiger charge is 2.20. The van der Waals surface area contributed by atoms with Crippen LogP contribution in [0, 0.1) is 13.8 Å². The first-order valence-corrected chi connectivity index (χ1v) is 7.35. The molecular formula is C13H20N2O2S. The molecule has 1 aromatic carbocycles. The van der Waals surface area contributed by atoms with Crippen LogP contribution >= 0.6 is 0 Å². The van der Waals surface area contributed by atoms with Crippen LogP contribution in [0.2, 0.25) is 0 Å². The molecule has 0 bridgehead atoms. The van der Waals surface area contributed by atoms with Gasteiger partial charge in [-0.25, -0.2) is 13.1 Å². The Balaban J connectivity index is 3.02. The van der Waals surface area contributed by atoms with E-state index in [2.05, 4.69) is 4.72 Å². The fraction of sp³-hybridized carbons (Fsp3) is 0.385. The van der Waals surface area contributed by atoms with Gasteiger partial charge in [-0.1, -0.05) is 24.3 Å². The molecule has 0 aromatic heterocycles. The molecular weight excluding hydrogens is 248 g/mol. The Bertz CT molecular complexity index is 548. The van der Waals surface area contributed by atoms with Gasteiger partial charge in [0.25, 0.3) is 0 Å². The highest BCUT2D eigenvalue weighted by Crippen LogP contribution is 2.25. The number of benzene rings is 1. The molecule has 0 heterocycles. The predicted octanol–water partition coefficient (Wildman–Crippen LogP) is 2.13. The molecule has 0 spiro atoms. The van der Waals surface area contributed by atoms with E-state index in [1.54, 1.807) is 19.9 Å². The van der Waals surface area contributed by atoms with Crippen LogP contribution in [-0.2, 0) is 10.0 Å². The number of hydrogen-bond acceptors (Lipinski definition) is 3. The second-order valence-corrected chi connectivity index (χ2v) is 5.90. The fourth-order valence-corrected chi connectivity index (χ4v) is 3.15. The lowest BCUT2D eigenvalue weighted by molar-refractivity contribution is 0.582. The van der Waals surface area contributed by atoms with Gasteiger partial charge in [0.05, 0.1) is 5.69 Å². The monoisotopic (exact) mass is 268 g/mol. The molecule has 18 heavy (non-hydrogen) atoms. The van der Waals surface area contributed by atoms with Crippen molar-refractivity contribution in [3.63, 3.8) is 0 Å². The van der Waals surface area contributed by atoms with Gasteiger partial charge in [0.2, 0.25) is 10.0 Å². The molecule has 100 valence electrons. The molecule has 0 radical (unpaired) electrons. The number of nitrogens with two attached hydrogens (primary N) is 1. The number of allylic oxidation sites excluding steroid dienone is 1. The van der Waals surface area contributed by atoms with Crippen molar-refractivity contribution < 1.29 is 8.42 Å². The highest BCUT2D eigenvalue weighted by atomic mass is 32.2. The number of nitrogens with one attached hydrogen (secondary N) is 1. The first-order chi connectivity index (χ1) is 8.40. The van der Waals surface area contributed by atoms with E-state index in [1.807, 2.05) is 25.1 Å². The third-order valence-corrected chi connectivity index (χ3v) is 4.38. The van der Waals surface area contributed by atoms with Crippen LogP contribution in [0.5, 0.6) is 0 Å². The summed E-state index contributed by atoms with van der Waals surface area (Å²) >= 11 is 0. The summed E-state index contributed by atoms with van der Waals surface area (Å²) < 4.78 is 26.9. The van der Waals surface area contributed by atoms with Crippen molar-refractivity contribution in [2.24, 2.45) is 0 Å². The number of rotatable bonds is 5. The van der Waals surface area contributed by atoms with Crippen LogP contribution < -0.4 is 10.5 Å². The average molecular weight is 268 g/mol. The van der Waals surface area contributed by atoms with Crippen molar-refractivity contribution in [1.29, 1.82) is 0 Å². The van der Waals surface area contributed by atoms with Crippen molar-refractivity contribution in [3.8, 4) is 0 Å². The number of aryl methyl sites for hydroxylation is 2. The molecule has 1 aromatic rings. The first-order valence-electron chi connectivity index (χ1n) is 5.86. The van der Waals surface area contributed by atoms with E-state index in [-0.39, 0.29) is 4.90 Å². The van der Waals surface area contributed by atoms with Crippen LogP contribution in [0.25, 0.3) is 0 Å². The summed E-state index contributed by atoms with van der Waals surface area (Å²) in [5.41, 5.74) is 7.63. The molecule has 0 saturated heterocycles. The molecule has 0 aliphatic heterocycles. The zero-order valence-electron chi connectivity index (χ0n) is 11.0. The molecule has 0 unspecified atom stereocenters. The molecule has 0 fully saturated rings. The van der Waals surface area contributed by atoms with Crippen LogP contribution in [0.15, 0.2) is 29.2 Å². The lowest BCUT2D eigenvalue weighted by Gasteiger charge is -2.13. The van der Waals surface area contributed by atoms with E-state index >= 15 is 0 Å². The standard InChI is InChI=1S/C13H20N2O2S/c1-4-5-6-9-15-18(16,17)13-11(3)8-7-10(2)12(13)14/h4-5,7-8,15H,6,9,14H2,1-3H3/b5-4+. The minimum atomic E-state index is -3.53. The third-order valence-electron chi connectivity index (χ3n) is 2.72. The highest BCUT2D eigenvalue weighted by molar-refractivity contribution is 7.89. The molecule has 3 N–H and O–H groups in total. The van der Waals surface area contributed by atoms with Crippen molar-refractivity contribution in [1.82, 2.24) is 4.72 Å². The molecule has 5 heteroatoms. The van der Waals surface area contributed by atoms with Crippen molar-refractivity contribution in [2.45, 2.75) is 32.1 Å². The van der Waals surface area contributed by atoms with Gasteiger partial charge in [0, 0.05) is 6.54 Å². The second kappa shape index (κ2) is 6.02. The van der Waals surface area contributed by atoms with Crippen LogP contribution in [0.4, 0.5) is 5.69 Å². The van der Waals surface area contributed by atoms with E-state index in [9.17, 15) is 8.42 Å². The lowest BCUT2D eigenvalue weighted by atomic mass is 10.1. The second-order valence-electron chi connectivity index (χ2n) is 4.20. The van der Waals surface area contributed by atoms with Gasteiger partial charge in [-0.3, -0.25) is 0 Å². The summed E-state index contributed by atoms with van der Waals surface area (Å²) in [6.45, 7) is 5.82. The molecule has 0 amide bonds. The lowest BCUT2D eigenvalue weighted by Crippen LogP contribution is -2.26. The minimum absolute atomic E-state index is 0.197. The summed E-state index contributed by atoms with van der Waals surface area (Å²) in [6, 6.07) is 3.59. The Kier molecular flexibility index (Phi) is 4.93. The zero-order chi connectivity index (χ0) is 13.8. The van der Waals surface area contributed by atoms with Gasteiger partial charge in [-0.2, -0.15) is 0 Å². The van der Waals surface area contributed by atoms with Gasteiger partial charge < -0.3 is 5.73 Å². The van der Waals surface area contributed by atoms with Crippen LogP contribution in [0.3, 0.4) is 0 Å². The molecule has 0 saturated carbocycles. The summed E-state index contributed by atoms with van der Waals surface area (Å²) in [6.07, 6.45) is 4.47. The first kappa shape index (κ1) is 14.7. The average Bonchev–Trinajstić information content (AvgIpc) is 2.30. The smallest absolute Gasteiger partial charge is 0.242 e. The van der Waals surface area contributed by atoms with Gasteiger partial charge in [-0.05, 0) is 38.3 Å². The maximum absolute atomic E-state index is 12.2. The largest absolute Gasteiger partial charge is 0.397 e. The van der Waals surface area contributed by atoms with E-state index in [4.69, 9.17) is 5.73 Å². The summed E-state index contributed by atoms with van der Waals surface area (Å²) in [7, 11) is -3.53. The van der Waals surface area contributed by atoms with Crippen molar-refractivity contribution in [2.75, 3.05) is 12.3 Å². The Morgan fingerprint density at radius 3 is 2.50 bits per heavy atom. The van der Waals surface area contributed by atoms with E-state index in [0.717, 1.165) is 5.56 Å². The fourth-order valence-electron chi connectivity index (χ4n) is 1.68. The normalized spacial score (nSPS) is 12.2. The van der Waals surface area contributed by atoms with Crippen LogP contribution in [0.1, 0.15) is 24.5 Å². The summed E-state index contributed by atoms with van der Waals surface area (Å²) in [4.78, 5) is 0.197. The number of nitrogen functional groups attached to an aromatic ring is 1. The van der Waals surface area contributed by atoms with Crippen molar-refractivity contribution in [3.05, 3.63) is 35.4 Å². The van der Waals surface area contributed by atoms with E-state index in [1.165, 1.54) is 0 Å². The van der Waals surface area contributed by atoms with Gasteiger partial charge in [-0.15, -0.1) is 0 Å². The third kappa shape index (κ3) is 3.34. The van der Waals surface area contributed by atoms with E-state index < -0.39 is 10.0 Å². The molecule has 4 nitrogen and oxygen atoms in total. The molecule has 1 rings (SSSR count). The minimum Gasteiger partial charge on any atom is -0.397 e. The van der Waals surface area contributed by atoms with Crippen molar-refractivity contribution >= 4 is 15.7 Å². The van der Waals surface area contributed by atoms with Gasteiger partial charge >= 0.3 is 0 Å². The summed E-state index contributed by atoms with van der Waals surface area (Å²) in [5.74, 6) is 0. The Morgan fingerprint density at radius 2 is 1.89 bits per heavy atom. The van der Waals surface area contributed by atoms with Gasteiger partial charge in [0.15, 0.2) is 0 Å². The number of anilines is 1. The van der Waals surface area contributed by atoms with Gasteiger partial charge in [0.1, 0.15) is 4.90 Å². The van der Waals surface area contributed by atoms with Crippen LogP contribution in [-0.4, -0.2) is 15.0 Å². The predicted molar refractivity (Wildman–Crippen MR) is 74.9 cm³/mol. The molecule has 0 aliphatic rings. The Hall–Kier alpha value is -1.33. The molecule has 0 aliphatic carbocycles. The zero-order valence-corrected chi connectivity index (χ0v) is 11.8. The Labute approximate surface area is 109 Å². The topological polar surface area (TPSA) is 72.2 Å². The maximum atomic E-state index is 12.2. The SMILES string of the molecule is C/C=C/CCNS(=O)(=O)c1c(C)ccc(C)c1N. The Morgan fingerprint density at radius 1 is 1.28 bits per heavy atom. The number of hydrogen-bond donors (Lipinski definition) is 2. The molecule has 0 atom stereocenters. The maximum Gasteiger partial charge on any atom is 0.242 e.